The summed E-state index contributed by atoms with van der Waals surface area (Å²) in [5.41, 5.74) is 5.17. The molecule has 1 amide bonds. The monoisotopic (exact) mass is 175 g/mol. The molecule has 1 unspecified atom stereocenters. The number of primary amides is 1. The summed E-state index contributed by atoms with van der Waals surface area (Å²) < 4.78 is 0. The maximum atomic E-state index is 10.7. The molecule has 3 heteroatoms. The van der Waals surface area contributed by atoms with E-state index < -0.39 is 0 Å². The molecule has 2 nitrogen and oxygen atoms in total. The molecule has 0 fully saturated rings. The summed E-state index contributed by atoms with van der Waals surface area (Å²) in [4.78, 5) is 10.7. The van der Waals surface area contributed by atoms with Crippen LogP contribution in [0.15, 0.2) is 0 Å². The van der Waals surface area contributed by atoms with Crippen molar-refractivity contribution in [1.29, 1.82) is 0 Å². The van der Waals surface area contributed by atoms with Crippen LogP contribution >= 0.6 is 11.8 Å². The highest BCUT2D eigenvalue weighted by Gasteiger charge is 2.11. The highest BCUT2D eigenvalue weighted by atomic mass is 32.2. The number of hydrogen-bond donors (Lipinski definition) is 1. The minimum Gasteiger partial charge on any atom is -0.369 e. The second-order valence-corrected chi connectivity index (χ2v) is 3.83. The van der Waals surface area contributed by atoms with Crippen LogP contribution in [0.1, 0.15) is 33.1 Å². The number of carbonyl (C=O) groups excluding carboxylic acids is 1. The van der Waals surface area contributed by atoms with Gasteiger partial charge in [-0.3, -0.25) is 4.79 Å². The molecule has 0 aliphatic heterocycles. The number of unbranched alkanes of at least 4 members (excludes halogenated alkanes) is 1. The number of thioether (sulfide) groups is 1. The predicted molar refractivity (Wildman–Crippen MR) is 50.6 cm³/mol. The van der Waals surface area contributed by atoms with E-state index >= 15 is 0 Å². The van der Waals surface area contributed by atoms with Gasteiger partial charge in [0.2, 0.25) is 5.91 Å². The average Bonchev–Trinajstić information content (AvgIpc) is 1.97. The summed E-state index contributed by atoms with van der Waals surface area (Å²) in [5, 5.41) is 0.0292. The first-order valence-electron chi connectivity index (χ1n) is 4.13. The van der Waals surface area contributed by atoms with Crippen LogP contribution in [0.25, 0.3) is 0 Å². The molecule has 0 aromatic carbocycles. The van der Waals surface area contributed by atoms with Crippen LogP contribution in [-0.4, -0.2) is 16.9 Å². The second-order valence-electron chi connectivity index (χ2n) is 2.52. The molecule has 0 aromatic heterocycles. The van der Waals surface area contributed by atoms with Gasteiger partial charge in [0.05, 0.1) is 5.25 Å². The van der Waals surface area contributed by atoms with Crippen LogP contribution in [0.5, 0.6) is 0 Å². The van der Waals surface area contributed by atoms with E-state index in [1.54, 1.807) is 11.8 Å². The van der Waals surface area contributed by atoms with Crippen LogP contribution in [0, 0.1) is 0 Å². The third kappa shape index (κ3) is 5.13. The standard InChI is InChI=1S/C8H17NOS/c1-3-5-6-11-7(4-2)8(9)10/h7H,3-6H2,1-2H3,(H2,9,10). The molecule has 0 spiro atoms. The van der Waals surface area contributed by atoms with Crippen molar-refractivity contribution >= 4 is 17.7 Å². The van der Waals surface area contributed by atoms with E-state index in [0.29, 0.717) is 0 Å². The second kappa shape index (κ2) is 6.53. The average molecular weight is 175 g/mol. The van der Waals surface area contributed by atoms with Crippen molar-refractivity contribution in [2.75, 3.05) is 5.75 Å². The Bertz CT molecular complexity index is 117. The van der Waals surface area contributed by atoms with E-state index in [9.17, 15) is 4.79 Å². The molecule has 0 saturated carbocycles. The van der Waals surface area contributed by atoms with Gasteiger partial charge in [-0.25, -0.2) is 0 Å². The summed E-state index contributed by atoms with van der Waals surface area (Å²) in [5.74, 6) is 0.881. The van der Waals surface area contributed by atoms with Crippen molar-refractivity contribution in [3.63, 3.8) is 0 Å². The van der Waals surface area contributed by atoms with Crippen LogP contribution in [0.2, 0.25) is 0 Å². The van der Waals surface area contributed by atoms with E-state index in [-0.39, 0.29) is 11.2 Å². The summed E-state index contributed by atoms with van der Waals surface area (Å²) in [6.07, 6.45) is 3.21. The van der Waals surface area contributed by atoms with Crippen molar-refractivity contribution in [1.82, 2.24) is 0 Å². The molecule has 11 heavy (non-hydrogen) atoms. The number of carbonyl (C=O) groups is 1. The number of rotatable bonds is 6. The van der Waals surface area contributed by atoms with E-state index in [2.05, 4.69) is 6.92 Å². The fraction of sp³-hybridized carbons (Fsp3) is 0.875. The Morgan fingerprint density at radius 2 is 2.18 bits per heavy atom. The number of amides is 1. The first kappa shape index (κ1) is 10.8. The molecule has 0 bridgehead atoms. The molecule has 0 saturated heterocycles. The maximum Gasteiger partial charge on any atom is 0.230 e. The third-order valence-electron chi connectivity index (χ3n) is 1.51. The minimum absolute atomic E-state index is 0.0292. The molecular formula is C8H17NOS. The zero-order chi connectivity index (χ0) is 8.69. The van der Waals surface area contributed by atoms with Crippen LogP contribution in [-0.2, 0) is 4.79 Å². The van der Waals surface area contributed by atoms with Gasteiger partial charge in [-0.1, -0.05) is 20.3 Å². The van der Waals surface area contributed by atoms with Crippen molar-refractivity contribution in [3.8, 4) is 0 Å². The lowest BCUT2D eigenvalue weighted by molar-refractivity contribution is -0.117. The first-order valence-corrected chi connectivity index (χ1v) is 5.18. The fourth-order valence-corrected chi connectivity index (χ4v) is 1.91. The molecule has 0 aromatic rings. The largest absolute Gasteiger partial charge is 0.369 e. The van der Waals surface area contributed by atoms with Gasteiger partial charge in [0.15, 0.2) is 0 Å². The SMILES string of the molecule is CCCCSC(CC)C(N)=O. The van der Waals surface area contributed by atoms with Crippen LogP contribution in [0.3, 0.4) is 0 Å². The van der Waals surface area contributed by atoms with Gasteiger partial charge in [-0.2, -0.15) is 0 Å². The number of hydrogen-bond acceptors (Lipinski definition) is 2. The minimum atomic E-state index is -0.173. The van der Waals surface area contributed by atoms with E-state index in [0.717, 1.165) is 12.2 Å². The molecule has 0 radical (unpaired) electrons. The topological polar surface area (TPSA) is 43.1 Å². The van der Waals surface area contributed by atoms with Crippen LogP contribution < -0.4 is 5.73 Å². The van der Waals surface area contributed by atoms with E-state index in [4.69, 9.17) is 5.73 Å². The molecule has 66 valence electrons. The Balaban J connectivity index is 3.44. The lowest BCUT2D eigenvalue weighted by Gasteiger charge is -2.08. The van der Waals surface area contributed by atoms with E-state index in [1.165, 1.54) is 12.8 Å². The lowest BCUT2D eigenvalue weighted by Crippen LogP contribution is -2.25. The zero-order valence-electron chi connectivity index (χ0n) is 7.30. The Kier molecular flexibility index (Phi) is 6.42. The van der Waals surface area contributed by atoms with Gasteiger partial charge in [-0.15, -0.1) is 11.8 Å². The Morgan fingerprint density at radius 1 is 1.55 bits per heavy atom. The smallest absolute Gasteiger partial charge is 0.230 e. The predicted octanol–water partition coefficient (Wildman–Crippen LogP) is 1.78. The summed E-state index contributed by atoms with van der Waals surface area (Å²) in [6, 6.07) is 0. The fourth-order valence-electron chi connectivity index (χ4n) is 0.771. The molecule has 1 atom stereocenters. The van der Waals surface area contributed by atoms with Crippen molar-refractivity contribution in [3.05, 3.63) is 0 Å². The molecule has 0 aliphatic rings. The molecular weight excluding hydrogens is 158 g/mol. The third-order valence-corrected chi connectivity index (χ3v) is 3.00. The summed E-state index contributed by atoms with van der Waals surface area (Å²) in [6.45, 7) is 4.14. The quantitative estimate of drug-likeness (QED) is 0.625. The van der Waals surface area contributed by atoms with Gasteiger partial charge in [0, 0.05) is 0 Å². The zero-order valence-corrected chi connectivity index (χ0v) is 8.12. The van der Waals surface area contributed by atoms with Gasteiger partial charge in [-0.05, 0) is 18.6 Å². The Hall–Kier alpha value is -0.180. The Labute approximate surface area is 72.9 Å². The van der Waals surface area contributed by atoms with Crippen molar-refractivity contribution < 1.29 is 4.79 Å². The van der Waals surface area contributed by atoms with Gasteiger partial charge in [0.25, 0.3) is 0 Å². The van der Waals surface area contributed by atoms with Gasteiger partial charge in [0.1, 0.15) is 0 Å². The Morgan fingerprint density at radius 3 is 2.55 bits per heavy atom. The lowest BCUT2D eigenvalue weighted by atomic mass is 10.3. The summed E-state index contributed by atoms with van der Waals surface area (Å²) >= 11 is 1.68. The maximum absolute atomic E-state index is 10.7. The normalized spacial score (nSPS) is 12.9. The molecule has 0 aliphatic carbocycles. The van der Waals surface area contributed by atoms with Gasteiger partial charge >= 0.3 is 0 Å². The van der Waals surface area contributed by atoms with E-state index in [1.807, 2.05) is 6.92 Å². The highest BCUT2D eigenvalue weighted by molar-refractivity contribution is 8.00. The van der Waals surface area contributed by atoms with Crippen LogP contribution in [0.4, 0.5) is 0 Å². The van der Waals surface area contributed by atoms with Gasteiger partial charge < -0.3 is 5.73 Å². The molecule has 0 rings (SSSR count). The number of nitrogens with two attached hydrogens (primary N) is 1. The van der Waals surface area contributed by atoms with Crippen molar-refractivity contribution in [2.45, 2.75) is 38.4 Å². The first-order chi connectivity index (χ1) is 5.22. The summed E-state index contributed by atoms with van der Waals surface area (Å²) in [7, 11) is 0. The van der Waals surface area contributed by atoms with Crippen molar-refractivity contribution in [2.24, 2.45) is 5.73 Å². The highest BCUT2D eigenvalue weighted by Crippen LogP contribution is 2.15. The molecule has 0 heterocycles. The molecule has 2 N–H and O–H groups in total.